The molecule has 0 aromatic rings. The molecule has 0 heterocycles. The van der Waals surface area contributed by atoms with Crippen LogP contribution in [-0.4, -0.2) is 47.4 Å². The maximum Gasteiger partial charge on any atom is 0.305 e. The van der Waals surface area contributed by atoms with Crippen molar-refractivity contribution in [2.45, 2.75) is 386 Å². The number of hydrogen-bond acceptors (Lipinski definition) is 5. The van der Waals surface area contributed by atoms with Gasteiger partial charge in [0.1, 0.15) is 0 Å². The molecule has 2 unspecified atom stereocenters. The van der Waals surface area contributed by atoms with Gasteiger partial charge in [0.2, 0.25) is 5.91 Å². The van der Waals surface area contributed by atoms with E-state index in [0.29, 0.717) is 19.4 Å². The van der Waals surface area contributed by atoms with Crippen molar-refractivity contribution in [3.8, 4) is 0 Å². The van der Waals surface area contributed by atoms with Crippen molar-refractivity contribution in [1.82, 2.24) is 5.32 Å². The van der Waals surface area contributed by atoms with E-state index in [0.717, 1.165) is 38.5 Å². The molecule has 2 atom stereocenters. The monoisotopic (exact) mass is 1020 g/mol. The Bertz CT molecular complexity index is 1080. The van der Waals surface area contributed by atoms with Crippen molar-refractivity contribution < 1.29 is 24.5 Å². The summed E-state index contributed by atoms with van der Waals surface area (Å²) in [6.07, 6.45) is 75.5. The van der Waals surface area contributed by atoms with E-state index >= 15 is 0 Å². The quantitative estimate of drug-likeness (QED) is 0.0320. The van der Waals surface area contributed by atoms with Gasteiger partial charge in [-0.2, -0.15) is 0 Å². The second kappa shape index (κ2) is 62.1. The number of rotatable bonds is 62. The van der Waals surface area contributed by atoms with Crippen molar-refractivity contribution in [3.05, 3.63) is 12.2 Å². The number of ether oxygens (including phenoxy) is 1. The van der Waals surface area contributed by atoms with Gasteiger partial charge in [0.05, 0.1) is 25.4 Å². The van der Waals surface area contributed by atoms with Crippen LogP contribution in [-0.2, 0) is 14.3 Å². The molecule has 0 aliphatic carbocycles. The van der Waals surface area contributed by atoms with Gasteiger partial charge >= 0.3 is 5.97 Å². The van der Waals surface area contributed by atoms with Crippen LogP contribution in [0.5, 0.6) is 0 Å². The minimum atomic E-state index is -0.846. The fourth-order valence-corrected chi connectivity index (χ4v) is 10.5. The molecule has 0 saturated heterocycles. The van der Waals surface area contributed by atoms with Crippen LogP contribution in [0.25, 0.3) is 0 Å². The van der Waals surface area contributed by atoms with E-state index in [9.17, 15) is 19.8 Å². The second-order valence-electron chi connectivity index (χ2n) is 22.8. The third-order valence-corrected chi connectivity index (χ3v) is 15.6. The van der Waals surface area contributed by atoms with Gasteiger partial charge in [-0.1, -0.05) is 341 Å². The van der Waals surface area contributed by atoms with Crippen LogP contribution in [0.2, 0.25) is 0 Å². The summed E-state index contributed by atoms with van der Waals surface area (Å²) in [6.45, 7) is 4.94. The van der Waals surface area contributed by atoms with Crippen molar-refractivity contribution >= 4 is 11.9 Å². The molecule has 0 bridgehead atoms. The van der Waals surface area contributed by atoms with Crippen LogP contribution in [0.15, 0.2) is 12.2 Å². The van der Waals surface area contributed by atoms with Gasteiger partial charge in [0, 0.05) is 12.8 Å². The number of carbonyl (C=O) groups excluding carboxylic acids is 2. The fraction of sp³-hybridized carbons (Fsp3) is 0.939. The van der Waals surface area contributed by atoms with Crippen LogP contribution in [0, 0.1) is 0 Å². The van der Waals surface area contributed by atoms with Crippen LogP contribution in [0.3, 0.4) is 0 Å². The number of unbranched alkanes of at least 4 members (excludes halogenated alkanes) is 51. The SMILES string of the molecule is CCCCCCCCCCCCCCCCCCCCCCC/C=C/C(O)C(CO)NC(=O)CCCCCCCCCCCCCCCCCCCCCCOC(=O)CCCCCCCCCCCCCC. The maximum atomic E-state index is 12.5. The molecule has 0 aromatic heterocycles. The predicted molar refractivity (Wildman–Crippen MR) is 315 cm³/mol. The van der Waals surface area contributed by atoms with Gasteiger partial charge in [0.25, 0.3) is 0 Å². The molecule has 0 aliphatic rings. The second-order valence-corrected chi connectivity index (χ2v) is 22.8. The van der Waals surface area contributed by atoms with Gasteiger partial charge in [-0.3, -0.25) is 9.59 Å². The average Bonchev–Trinajstić information content (AvgIpc) is 3.38. The molecule has 72 heavy (non-hydrogen) atoms. The van der Waals surface area contributed by atoms with Crippen molar-refractivity contribution in [2.75, 3.05) is 13.2 Å². The first-order valence-corrected chi connectivity index (χ1v) is 33.0. The van der Waals surface area contributed by atoms with Crippen LogP contribution in [0.4, 0.5) is 0 Å². The third kappa shape index (κ3) is 57.9. The summed E-state index contributed by atoms with van der Waals surface area (Å²) in [5.41, 5.74) is 0. The first kappa shape index (κ1) is 70.6. The van der Waals surface area contributed by atoms with Crippen molar-refractivity contribution in [2.24, 2.45) is 0 Å². The number of esters is 1. The standard InChI is InChI=1S/C66H129NO5/c1-3-5-7-9-11-13-15-17-18-19-20-21-22-23-26-29-32-35-38-42-46-50-54-58-64(69)63(62-68)67-65(70)59-55-51-47-43-39-36-33-30-27-24-25-28-31-34-37-41-45-49-53-57-61-72-66(71)60-56-52-48-44-40-16-14-12-10-8-6-4-2/h54,58,63-64,68-69H,3-53,55-57,59-62H2,1-2H3,(H,67,70)/b58-54+. The highest BCUT2D eigenvalue weighted by Gasteiger charge is 2.18. The van der Waals surface area contributed by atoms with Crippen molar-refractivity contribution in [1.29, 1.82) is 0 Å². The van der Waals surface area contributed by atoms with E-state index in [1.54, 1.807) is 6.08 Å². The Hall–Kier alpha value is -1.40. The molecule has 6 heteroatoms. The first-order valence-electron chi connectivity index (χ1n) is 33.0. The molecule has 0 aliphatic heterocycles. The van der Waals surface area contributed by atoms with E-state index in [4.69, 9.17) is 4.74 Å². The molecule has 0 radical (unpaired) electrons. The minimum absolute atomic E-state index is 0.0116. The normalized spacial score (nSPS) is 12.6. The number of aliphatic hydroxyl groups excluding tert-OH is 2. The van der Waals surface area contributed by atoms with Crippen LogP contribution < -0.4 is 5.32 Å². The minimum Gasteiger partial charge on any atom is -0.466 e. The number of nitrogens with one attached hydrogen (secondary N) is 1. The molecule has 1 amide bonds. The summed E-state index contributed by atoms with van der Waals surface area (Å²) >= 11 is 0. The van der Waals surface area contributed by atoms with E-state index in [2.05, 4.69) is 19.2 Å². The summed E-state index contributed by atoms with van der Waals surface area (Å²) in [5, 5.41) is 23.2. The zero-order valence-corrected chi connectivity index (χ0v) is 48.9. The highest BCUT2D eigenvalue weighted by molar-refractivity contribution is 5.76. The Balaban J connectivity index is 3.42. The predicted octanol–water partition coefficient (Wildman–Crippen LogP) is 20.8. The Morgan fingerprint density at radius 2 is 0.639 bits per heavy atom. The molecule has 3 N–H and O–H groups in total. The van der Waals surface area contributed by atoms with E-state index < -0.39 is 12.1 Å². The number of aliphatic hydroxyl groups is 2. The zero-order valence-electron chi connectivity index (χ0n) is 48.9. The number of allylic oxidation sites excluding steroid dienone is 1. The Kier molecular flexibility index (Phi) is 60.9. The molecular weight excluding hydrogens is 887 g/mol. The fourth-order valence-electron chi connectivity index (χ4n) is 10.5. The summed E-state index contributed by atoms with van der Waals surface area (Å²) in [5.74, 6) is -0.0537. The lowest BCUT2D eigenvalue weighted by Gasteiger charge is -2.20. The highest BCUT2D eigenvalue weighted by Crippen LogP contribution is 2.19. The topological polar surface area (TPSA) is 95.9 Å². The van der Waals surface area contributed by atoms with E-state index in [1.807, 2.05) is 6.08 Å². The molecule has 428 valence electrons. The zero-order chi connectivity index (χ0) is 52.2. The number of amides is 1. The molecule has 0 aromatic carbocycles. The molecular formula is C66H129NO5. The summed E-state index contributed by atoms with van der Waals surface area (Å²) in [6, 6.07) is -0.629. The van der Waals surface area contributed by atoms with Gasteiger partial charge < -0.3 is 20.3 Å². The molecule has 0 rings (SSSR count). The van der Waals surface area contributed by atoms with Crippen LogP contribution >= 0.6 is 0 Å². The number of hydrogen-bond donors (Lipinski definition) is 3. The average molecular weight is 1020 g/mol. The Morgan fingerprint density at radius 3 is 0.944 bits per heavy atom. The largest absolute Gasteiger partial charge is 0.466 e. The third-order valence-electron chi connectivity index (χ3n) is 15.6. The van der Waals surface area contributed by atoms with Gasteiger partial charge in [-0.05, 0) is 32.1 Å². The molecule has 6 nitrogen and oxygen atoms in total. The van der Waals surface area contributed by atoms with E-state index in [-0.39, 0.29) is 18.5 Å². The molecule has 0 spiro atoms. The lowest BCUT2D eigenvalue weighted by atomic mass is 10.0. The maximum absolute atomic E-state index is 12.5. The highest BCUT2D eigenvalue weighted by atomic mass is 16.5. The van der Waals surface area contributed by atoms with Crippen LogP contribution in [0.1, 0.15) is 373 Å². The van der Waals surface area contributed by atoms with Gasteiger partial charge in [0.15, 0.2) is 0 Å². The number of carbonyl (C=O) groups is 2. The van der Waals surface area contributed by atoms with Gasteiger partial charge in [-0.15, -0.1) is 0 Å². The smallest absolute Gasteiger partial charge is 0.305 e. The molecule has 0 saturated carbocycles. The van der Waals surface area contributed by atoms with E-state index in [1.165, 1.54) is 308 Å². The summed E-state index contributed by atoms with van der Waals surface area (Å²) < 4.78 is 5.48. The first-order chi connectivity index (χ1) is 35.5. The summed E-state index contributed by atoms with van der Waals surface area (Å²) in [7, 11) is 0. The molecule has 0 fully saturated rings. The summed E-state index contributed by atoms with van der Waals surface area (Å²) in [4.78, 5) is 24.5. The van der Waals surface area contributed by atoms with Crippen molar-refractivity contribution in [3.63, 3.8) is 0 Å². The van der Waals surface area contributed by atoms with Gasteiger partial charge in [-0.25, -0.2) is 0 Å². The Labute approximate surface area is 450 Å². The lowest BCUT2D eigenvalue weighted by molar-refractivity contribution is -0.143. The lowest BCUT2D eigenvalue weighted by Crippen LogP contribution is -2.45. The Morgan fingerprint density at radius 1 is 0.375 bits per heavy atom.